The molecule has 1 unspecified atom stereocenters. The molecule has 1 aromatic heterocycles. The molecule has 3 aromatic rings. The number of rotatable bonds is 8. The number of thioether (sulfide) groups is 1. The van der Waals surface area contributed by atoms with Crippen molar-refractivity contribution in [2.45, 2.75) is 23.9 Å². The number of primary amides is 1. The fraction of sp³-hybridized carbons (Fsp3) is 0.261. The third-order valence-electron chi connectivity index (χ3n) is 5.42. The van der Waals surface area contributed by atoms with E-state index in [1.54, 1.807) is 23.7 Å². The van der Waals surface area contributed by atoms with E-state index in [-0.39, 0.29) is 0 Å². The Labute approximate surface area is 206 Å². The van der Waals surface area contributed by atoms with Crippen LogP contribution in [0.25, 0.3) is 0 Å². The number of amides is 1. The monoisotopic (exact) mass is 501 g/mol. The molecule has 1 aliphatic rings. The molecule has 0 saturated heterocycles. The summed E-state index contributed by atoms with van der Waals surface area (Å²) in [4.78, 5) is 17.1. The van der Waals surface area contributed by atoms with Crippen LogP contribution in [0.5, 0.6) is 17.2 Å². The van der Waals surface area contributed by atoms with Crippen molar-refractivity contribution in [1.29, 1.82) is 0 Å². The van der Waals surface area contributed by atoms with Gasteiger partial charge in [-0.2, -0.15) is 4.98 Å². The van der Waals surface area contributed by atoms with Crippen molar-refractivity contribution in [3.63, 3.8) is 0 Å². The Morgan fingerprint density at radius 2 is 1.85 bits per heavy atom. The minimum absolute atomic E-state index is 0.356. The summed E-state index contributed by atoms with van der Waals surface area (Å²) < 4.78 is 18.1. The van der Waals surface area contributed by atoms with E-state index in [1.807, 2.05) is 24.3 Å². The van der Waals surface area contributed by atoms with Crippen molar-refractivity contribution in [3.05, 3.63) is 63.8 Å². The van der Waals surface area contributed by atoms with Gasteiger partial charge in [0.2, 0.25) is 22.8 Å². The van der Waals surface area contributed by atoms with Crippen LogP contribution >= 0.6 is 23.4 Å². The predicted octanol–water partition coefficient (Wildman–Crippen LogP) is 4.02. The lowest BCUT2D eigenvalue weighted by molar-refractivity contribution is -0.115. The number of halogens is 1. The van der Waals surface area contributed by atoms with Crippen LogP contribution in [-0.2, 0) is 10.5 Å². The first-order valence-electron chi connectivity index (χ1n) is 10.3. The molecule has 11 heteroatoms. The Balaban J connectivity index is 1.78. The van der Waals surface area contributed by atoms with Crippen LogP contribution in [-0.4, -0.2) is 42.0 Å². The molecule has 1 aliphatic heterocycles. The molecule has 0 bridgehead atoms. The molecular weight excluding hydrogens is 478 g/mol. The third-order valence-corrected chi connectivity index (χ3v) is 6.67. The van der Waals surface area contributed by atoms with Gasteiger partial charge in [0.15, 0.2) is 11.5 Å². The molecule has 4 rings (SSSR count). The van der Waals surface area contributed by atoms with E-state index in [4.69, 9.17) is 31.5 Å². The zero-order valence-electron chi connectivity index (χ0n) is 19.1. The Kier molecular flexibility index (Phi) is 6.90. The van der Waals surface area contributed by atoms with Crippen LogP contribution in [0.1, 0.15) is 24.1 Å². The number of carbonyl (C=O) groups excluding carboxylic acids is 1. The Bertz CT molecular complexity index is 1250. The van der Waals surface area contributed by atoms with Crippen LogP contribution < -0.4 is 25.3 Å². The molecule has 9 nitrogen and oxygen atoms in total. The lowest BCUT2D eigenvalue weighted by Crippen LogP contribution is -2.31. The smallest absolute Gasteiger partial charge is 0.248 e. The summed E-state index contributed by atoms with van der Waals surface area (Å²) >= 11 is 7.73. The Morgan fingerprint density at radius 1 is 1.18 bits per heavy atom. The SMILES string of the molecule is COc1cc(C2C(C(N)=O)=C(C)Nc3nc(SCc4ccccc4Cl)nn32)cc(OC)c1OC. The summed E-state index contributed by atoms with van der Waals surface area (Å²) in [5.41, 5.74) is 8.39. The molecule has 0 aliphatic carbocycles. The van der Waals surface area contributed by atoms with Crippen LogP contribution in [0, 0.1) is 0 Å². The number of anilines is 1. The number of nitrogens with one attached hydrogen (secondary N) is 1. The Morgan fingerprint density at radius 3 is 2.44 bits per heavy atom. The number of benzene rings is 2. The normalized spacial score (nSPS) is 14.9. The minimum Gasteiger partial charge on any atom is -0.493 e. The Hall–Kier alpha value is -3.37. The number of hydrogen-bond acceptors (Lipinski definition) is 8. The molecule has 2 aromatic carbocycles. The van der Waals surface area contributed by atoms with Crippen molar-refractivity contribution in [3.8, 4) is 17.2 Å². The maximum Gasteiger partial charge on any atom is 0.248 e. The second-order valence-electron chi connectivity index (χ2n) is 7.43. The number of nitrogens with zero attached hydrogens (tertiary/aromatic N) is 3. The summed E-state index contributed by atoms with van der Waals surface area (Å²) in [7, 11) is 4.59. The first-order chi connectivity index (χ1) is 16.4. The van der Waals surface area contributed by atoms with Crippen LogP contribution in [0.3, 0.4) is 0 Å². The summed E-state index contributed by atoms with van der Waals surface area (Å²) in [6.07, 6.45) is 0. The van der Waals surface area contributed by atoms with Gasteiger partial charge in [0, 0.05) is 16.5 Å². The van der Waals surface area contributed by atoms with Crippen LogP contribution in [0.2, 0.25) is 5.02 Å². The molecule has 178 valence electrons. The molecule has 0 spiro atoms. The van der Waals surface area contributed by atoms with Crippen molar-refractivity contribution in [2.24, 2.45) is 5.73 Å². The number of ether oxygens (including phenoxy) is 3. The fourth-order valence-electron chi connectivity index (χ4n) is 3.84. The third kappa shape index (κ3) is 4.38. The second-order valence-corrected chi connectivity index (χ2v) is 8.78. The zero-order chi connectivity index (χ0) is 24.4. The van der Waals surface area contributed by atoms with Gasteiger partial charge in [0.1, 0.15) is 6.04 Å². The number of fused-ring (bicyclic) bond motifs is 1. The summed E-state index contributed by atoms with van der Waals surface area (Å²) in [5, 5.41) is 9.03. The largest absolute Gasteiger partial charge is 0.493 e. The molecule has 0 fully saturated rings. The van der Waals surface area contributed by atoms with Gasteiger partial charge >= 0.3 is 0 Å². The molecule has 0 saturated carbocycles. The molecule has 1 amide bonds. The molecule has 0 radical (unpaired) electrons. The lowest BCUT2D eigenvalue weighted by Gasteiger charge is -2.28. The van der Waals surface area contributed by atoms with E-state index in [2.05, 4.69) is 15.4 Å². The van der Waals surface area contributed by atoms with Crippen molar-refractivity contribution in [2.75, 3.05) is 26.6 Å². The lowest BCUT2D eigenvalue weighted by atomic mass is 9.94. The quantitative estimate of drug-likeness (QED) is 0.445. The van der Waals surface area contributed by atoms with E-state index in [0.717, 1.165) is 5.56 Å². The van der Waals surface area contributed by atoms with Gasteiger partial charge in [-0.1, -0.05) is 41.6 Å². The highest BCUT2D eigenvalue weighted by atomic mass is 35.5. The van der Waals surface area contributed by atoms with E-state index in [0.29, 0.717) is 56.0 Å². The minimum atomic E-state index is -0.649. The number of carbonyl (C=O) groups is 1. The van der Waals surface area contributed by atoms with Gasteiger partial charge in [-0.05, 0) is 36.2 Å². The number of aromatic nitrogens is 3. The topological polar surface area (TPSA) is 114 Å². The van der Waals surface area contributed by atoms with Gasteiger partial charge < -0.3 is 25.3 Å². The highest BCUT2D eigenvalue weighted by Crippen LogP contribution is 2.44. The molecular formula is C23H24ClN5O4S. The maximum atomic E-state index is 12.5. The van der Waals surface area contributed by atoms with Gasteiger partial charge in [0.05, 0.1) is 26.9 Å². The average molecular weight is 502 g/mol. The summed E-state index contributed by atoms with van der Waals surface area (Å²) in [6, 6.07) is 10.5. The van der Waals surface area contributed by atoms with Gasteiger partial charge in [-0.3, -0.25) is 4.79 Å². The standard InChI is InChI=1S/C23H24ClN5O4S/c1-12-18(21(25)30)19(14-9-16(31-2)20(33-4)17(10-14)32-3)29-22(26-12)27-23(28-29)34-11-13-7-5-6-8-15(13)24/h5-10,19H,11H2,1-4H3,(H2,25,30)(H,26,27,28). The molecule has 1 atom stereocenters. The zero-order valence-corrected chi connectivity index (χ0v) is 20.7. The van der Waals surface area contributed by atoms with Crippen molar-refractivity contribution >= 4 is 35.2 Å². The van der Waals surface area contributed by atoms with Crippen LogP contribution in [0.15, 0.2) is 52.8 Å². The number of methoxy groups -OCH3 is 3. The predicted molar refractivity (Wildman–Crippen MR) is 131 cm³/mol. The van der Waals surface area contributed by atoms with Gasteiger partial charge in [-0.25, -0.2) is 4.68 Å². The number of hydrogen-bond donors (Lipinski definition) is 2. The fourth-order valence-corrected chi connectivity index (χ4v) is 4.95. The molecule has 3 N–H and O–H groups in total. The first-order valence-corrected chi connectivity index (χ1v) is 11.6. The highest BCUT2D eigenvalue weighted by Gasteiger charge is 2.34. The number of allylic oxidation sites excluding steroid dienone is 1. The van der Waals surface area contributed by atoms with Crippen LogP contribution in [0.4, 0.5) is 5.95 Å². The van der Waals surface area contributed by atoms with E-state index in [1.165, 1.54) is 33.1 Å². The first kappa shape index (κ1) is 23.8. The summed E-state index contributed by atoms with van der Waals surface area (Å²) in [6.45, 7) is 1.78. The molecule has 2 heterocycles. The van der Waals surface area contributed by atoms with E-state index >= 15 is 0 Å². The van der Waals surface area contributed by atoms with Crippen molar-refractivity contribution < 1.29 is 19.0 Å². The average Bonchev–Trinajstić information content (AvgIpc) is 3.23. The van der Waals surface area contributed by atoms with Gasteiger partial charge in [0.25, 0.3) is 0 Å². The van der Waals surface area contributed by atoms with Gasteiger partial charge in [-0.15, -0.1) is 5.10 Å². The second kappa shape index (κ2) is 9.86. The van der Waals surface area contributed by atoms with E-state index in [9.17, 15) is 4.79 Å². The summed E-state index contributed by atoms with van der Waals surface area (Å²) in [5.74, 6) is 1.85. The van der Waals surface area contributed by atoms with Crippen molar-refractivity contribution in [1.82, 2.24) is 14.8 Å². The van der Waals surface area contributed by atoms with E-state index < -0.39 is 11.9 Å². The number of nitrogens with two attached hydrogens (primary N) is 1. The molecule has 34 heavy (non-hydrogen) atoms. The maximum absolute atomic E-state index is 12.5. The highest BCUT2D eigenvalue weighted by molar-refractivity contribution is 7.98.